The van der Waals surface area contributed by atoms with Gasteiger partial charge in [0, 0.05) is 6.42 Å². The molecule has 8 heteroatoms. The molecule has 0 saturated carbocycles. The van der Waals surface area contributed by atoms with Crippen molar-refractivity contribution >= 4 is 17.6 Å². The molecular formula is C25H31N3O5. The summed E-state index contributed by atoms with van der Waals surface area (Å²) in [5.74, 6) is -0.184. The zero-order valence-electron chi connectivity index (χ0n) is 19.2. The summed E-state index contributed by atoms with van der Waals surface area (Å²) in [4.78, 5) is 38.7. The first-order valence-electron chi connectivity index (χ1n) is 11.0. The minimum atomic E-state index is -0.854. The summed E-state index contributed by atoms with van der Waals surface area (Å²) >= 11 is 0. The van der Waals surface area contributed by atoms with Crippen LogP contribution in [0.5, 0.6) is 5.75 Å². The molecule has 2 aromatic carbocycles. The van der Waals surface area contributed by atoms with Gasteiger partial charge in [0.1, 0.15) is 17.9 Å². The Morgan fingerprint density at radius 2 is 1.52 bits per heavy atom. The maximum atomic E-state index is 13.3. The van der Waals surface area contributed by atoms with Gasteiger partial charge < -0.3 is 25.4 Å². The minimum Gasteiger partial charge on any atom is -0.497 e. The Morgan fingerprint density at radius 1 is 0.939 bits per heavy atom. The number of ketones is 1. The normalized spacial score (nSPS) is 17.4. The fourth-order valence-electron chi connectivity index (χ4n) is 3.42. The van der Waals surface area contributed by atoms with E-state index in [9.17, 15) is 14.4 Å². The van der Waals surface area contributed by atoms with Crippen molar-refractivity contribution in [1.29, 1.82) is 0 Å². The van der Waals surface area contributed by atoms with Gasteiger partial charge in [-0.2, -0.15) is 0 Å². The maximum absolute atomic E-state index is 13.3. The third-order valence-corrected chi connectivity index (χ3v) is 5.65. The molecule has 1 fully saturated rings. The molecule has 0 aliphatic carbocycles. The number of amides is 2. The fourth-order valence-corrected chi connectivity index (χ4v) is 3.42. The highest BCUT2D eigenvalue weighted by molar-refractivity contribution is 5.96. The van der Waals surface area contributed by atoms with Crippen LogP contribution in [0.15, 0.2) is 54.6 Å². The van der Waals surface area contributed by atoms with Gasteiger partial charge in [0.25, 0.3) is 0 Å². The van der Waals surface area contributed by atoms with Crippen molar-refractivity contribution < 1.29 is 23.9 Å². The summed E-state index contributed by atoms with van der Waals surface area (Å²) < 4.78 is 10.4. The van der Waals surface area contributed by atoms with E-state index in [4.69, 9.17) is 9.47 Å². The number of ether oxygens (including phenoxy) is 2. The molecule has 0 spiro atoms. The Kier molecular flexibility index (Phi) is 8.57. The minimum absolute atomic E-state index is 0.162. The van der Waals surface area contributed by atoms with Gasteiger partial charge in [-0.25, -0.2) is 0 Å². The molecule has 176 valence electrons. The van der Waals surface area contributed by atoms with Gasteiger partial charge in [-0.3, -0.25) is 14.4 Å². The lowest BCUT2D eigenvalue weighted by Crippen LogP contribution is -2.56. The van der Waals surface area contributed by atoms with Gasteiger partial charge in [0.2, 0.25) is 11.8 Å². The van der Waals surface area contributed by atoms with Crippen LogP contribution in [0.1, 0.15) is 18.1 Å². The van der Waals surface area contributed by atoms with E-state index < -0.39 is 30.1 Å². The molecule has 3 rings (SSSR count). The number of carbonyl (C=O) groups is 3. The van der Waals surface area contributed by atoms with Gasteiger partial charge in [0.15, 0.2) is 5.78 Å². The van der Waals surface area contributed by atoms with Crippen LogP contribution >= 0.6 is 0 Å². The molecule has 8 nitrogen and oxygen atoms in total. The van der Waals surface area contributed by atoms with Crippen LogP contribution in [0, 0.1) is 0 Å². The first kappa shape index (κ1) is 24.4. The predicted octanol–water partition coefficient (Wildman–Crippen LogP) is 1.03. The van der Waals surface area contributed by atoms with Gasteiger partial charge in [0.05, 0.1) is 25.8 Å². The Hall–Kier alpha value is -3.23. The lowest BCUT2D eigenvalue weighted by Gasteiger charge is -2.24. The van der Waals surface area contributed by atoms with Crippen molar-refractivity contribution in [3.63, 3.8) is 0 Å². The average molecular weight is 454 g/mol. The number of rotatable bonds is 12. The molecule has 3 N–H and O–H groups in total. The smallest absolute Gasteiger partial charge is 0.243 e. The van der Waals surface area contributed by atoms with E-state index in [0.29, 0.717) is 18.8 Å². The van der Waals surface area contributed by atoms with Crippen molar-refractivity contribution in [2.75, 3.05) is 20.8 Å². The molecule has 2 aromatic rings. The molecule has 2 amide bonds. The molecule has 33 heavy (non-hydrogen) atoms. The molecule has 0 unspecified atom stereocenters. The summed E-state index contributed by atoms with van der Waals surface area (Å²) in [6, 6.07) is 14.7. The molecule has 0 bridgehead atoms. The SMILES string of the molecule is CN[C@@H](C)C(=O)N[C@@H](Cc1ccc(OC)cc1)C(=O)N[C@@H](Cc1ccccc1)C(=O)[C@H]1CO1. The summed E-state index contributed by atoms with van der Waals surface area (Å²) in [5.41, 5.74) is 1.78. The van der Waals surface area contributed by atoms with Crippen molar-refractivity contribution in [2.24, 2.45) is 0 Å². The second kappa shape index (κ2) is 11.6. The summed E-state index contributed by atoms with van der Waals surface area (Å²) in [7, 11) is 3.26. The topological polar surface area (TPSA) is 109 Å². The third kappa shape index (κ3) is 7.13. The van der Waals surface area contributed by atoms with Crippen LogP contribution < -0.4 is 20.7 Å². The number of hydrogen-bond acceptors (Lipinski definition) is 6. The van der Waals surface area contributed by atoms with Gasteiger partial charge in [-0.1, -0.05) is 42.5 Å². The van der Waals surface area contributed by atoms with Gasteiger partial charge in [-0.05, 0) is 43.7 Å². The standard InChI is InChI=1S/C25H31N3O5/c1-16(26-2)24(30)28-21(14-18-9-11-19(32-3)12-10-18)25(31)27-20(23(29)22-15-33-22)13-17-7-5-4-6-8-17/h4-12,16,20-22,26H,13-15H2,1-3H3,(H,27,31)(H,28,30)/t16-,20-,21-,22+/m0/s1. The second-order valence-corrected chi connectivity index (χ2v) is 8.10. The molecule has 0 aromatic heterocycles. The molecular weight excluding hydrogens is 422 g/mol. The largest absolute Gasteiger partial charge is 0.497 e. The van der Waals surface area contributed by atoms with Gasteiger partial charge >= 0.3 is 0 Å². The summed E-state index contributed by atoms with van der Waals surface area (Å²) in [6.45, 7) is 2.08. The van der Waals surface area contributed by atoms with E-state index in [1.54, 1.807) is 33.2 Å². The van der Waals surface area contributed by atoms with E-state index in [2.05, 4.69) is 16.0 Å². The van der Waals surface area contributed by atoms with Crippen LogP contribution in [0.2, 0.25) is 0 Å². The first-order chi connectivity index (χ1) is 15.9. The number of benzene rings is 2. The van der Waals surface area contributed by atoms with Gasteiger partial charge in [-0.15, -0.1) is 0 Å². The van der Waals surface area contributed by atoms with Crippen molar-refractivity contribution in [2.45, 2.75) is 44.0 Å². The van der Waals surface area contributed by atoms with Crippen LogP contribution in [-0.2, 0) is 32.0 Å². The lowest BCUT2D eigenvalue weighted by atomic mass is 9.99. The van der Waals surface area contributed by atoms with Crippen molar-refractivity contribution in [3.05, 3.63) is 65.7 Å². The highest BCUT2D eigenvalue weighted by atomic mass is 16.6. The fraction of sp³-hybridized carbons (Fsp3) is 0.400. The number of methoxy groups -OCH3 is 1. The molecule has 1 saturated heterocycles. The number of Topliss-reactive ketones (excluding diaryl/α,β-unsaturated/α-hetero) is 1. The number of carbonyl (C=O) groups excluding carboxylic acids is 3. The van der Waals surface area contributed by atoms with Crippen molar-refractivity contribution in [1.82, 2.24) is 16.0 Å². The highest BCUT2D eigenvalue weighted by Gasteiger charge is 2.38. The number of nitrogens with one attached hydrogen (secondary N) is 3. The van der Waals surface area contributed by atoms with Crippen molar-refractivity contribution in [3.8, 4) is 5.75 Å². The monoisotopic (exact) mass is 453 g/mol. The number of epoxide rings is 1. The van der Waals surface area contributed by atoms with Crippen LogP contribution in [0.25, 0.3) is 0 Å². The zero-order valence-corrected chi connectivity index (χ0v) is 19.2. The van der Waals surface area contributed by atoms with E-state index in [1.807, 2.05) is 42.5 Å². The number of hydrogen-bond donors (Lipinski definition) is 3. The second-order valence-electron chi connectivity index (χ2n) is 8.10. The molecule has 4 atom stereocenters. The Labute approximate surface area is 194 Å². The Bertz CT molecular complexity index is 944. The Morgan fingerprint density at radius 3 is 2.09 bits per heavy atom. The summed E-state index contributed by atoms with van der Waals surface area (Å²) in [5, 5.41) is 8.55. The maximum Gasteiger partial charge on any atom is 0.243 e. The van der Waals surface area contributed by atoms with E-state index in [1.165, 1.54) is 0 Å². The molecule has 0 radical (unpaired) electrons. The van der Waals surface area contributed by atoms with Crippen LogP contribution in [0.4, 0.5) is 0 Å². The van der Waals surface area contributed by atoms with Crippen LogP contribution in [0.3, 0.4) is 0 Å². The molecule has 1 aliphatic heterocycles. The van der Waals surface area contributed by atoms with E-state index >= 15 is 0 Å². The predicted molar refractivity (Wildman–Crippen MR) is 124 cm³/mol. The Balaban J connectivity index is 1.77. The number of likely N-dealkylation sites (N-methyl/N-ethyl adjacent to an activating group) is 1. The average Bonchev–Trinajstić information content (AvgIpc) is 3.68. The lowest BCUT2D eigenvalue weighted by molar-refractivity contribution is -0.132. The quantitative estimate of drug-likeness (QED) is 0.414. The third-order valence-electron chi connectivity index (χ3n) is 5.65. The summed E-state index contributed by atoms with van der Waals surface area (Å²) in [6.07, 6.45) is 0.129. The first-order valence-corrected chi connectivity index (χ1v) is 11.0. The van der Waals surface area contributed by atoms with Crippen LogP contribution in [-0.4, -0.2) is 62.6 Å². The molecule has 1 aliphatic rings. The zero-order chi connectivity index (χ0) is 23.8. The molecule has 1 heterocycles. The van der Waals surface area contributed by atoms with E-state index in [-0.39, 0.29) is 18.1 Å². The highest BCUT2D eigenvalue weighted by Crippen LogP contribution is 2.16. The van der Waals surface area contributed by atoms with E-state index in [0.717, 1.165) is 11.1 Å².